The second-order valence-corrected chi connectivity index (χ2v) is 10.3. The summed E-state index contributed by atoms with van der Waals surface area (Å²) in [5.41, 5.74) is 0. The molecular weight excluding hydrogens is 220 g/mol. The Kier molecular flexibility index (Phi) is 4.95. The molecule has 0 spiro atoms. The fourth-order valence-corrected chi connectivity index (χ4v) is 3.54. The predicted octanol–water partition coefficient (Wildman–Crippen LogP) is 1.00. The van der Waals surface area contributed by atoms with E-state index < -0.39 is 8.24 Å². The largest absolute Gasteiger partial charge is 0.469 e. The molecule has 1 fully saturated rings. The predicted molar refractivity (Wildman–Crippen MR) is 68.0 cm³/mol. The van der Waals surface area contributed by atoms with E-state index in [4.69, 9.17) is 0 Å². The Morgan fingerprint density at radius 1 is 1.19 bits per heavy atom. The Labute approximate surface area is 99.6 Å². The minimum absolute atomic E-state index is 0.104. The zero-order chi connectivity index (χ0) is 12.2. The van der Waals surface area contributed by atoms with Crippen molar-refractivity contribution >= 4 is 14.2 Å². The van der Waals surface area contributed by atoms with Crippen molar-refractivity contribution in [3.8, 4) is 0 Å². The number of esters is 1. The molecule has 0 aromatic heterocycles. The zero-order valence-corrected chi connectivity index (χ0v) is 12.0. The van der Waals surface area contributed by atoms with E-state index in [2.05, 4.69) is 33.8 Å². The molecule has 0 amide bonds. The van der Waals surface area contributed by atoms with Gasteiger partial charge in [-0.3, -0.25) is 4.79 Å². The smallest absolute Gasteiger partial charge is 0.306 e. The first-order valence-corrected chi connectivity index (χ1v) is 9.42. The van der Waals surface area contributed by atoms with Gasteiger partial charge < -0.3 is 14.2 Å². The minimum Gasteiger partial charge on any atom is -0.469 e. The number of rotatable bonds is 4. The van der Waals surface area contributed by atoms with E-state index >= 15 is 0 Å². The van der Waals surface area contributed by atoms with E-state index in [0.717, 1.165) is 32.7 Å². The molecular formula is C11H24N2O2Si. The third kappa shape index (κ3) is 4.23. The van der Waals surface area contributed by atoms with Crippen molar-refractivity contribution in [1.82, 2.24) is 9.47 Å². The Bertz CT molecular complexity index is 233. The van der Waals surface area contributed by atoms with Gasteiger partial charge in [0, 0.05) is 32.7 Å². The maximum absolute atomic E-state index is 11.0. The number of hydrogen-bond donors (Lipinski definition) is 0. The van der Waals surface area contributed by atoms with Crippen molar-refractivity contribution in [3.05, 3.63) is 0 Å². The summed E-state index contributed by atoms with van der Waals surface area (Å²) >= 11 is 0. The number of ether oxygens (including phenoxy) is 1. The van der Waals surface area contributed by atoms with Gasteiger partial charge in [-0.25, -0.2) is 0 Å². The van der Waals surface area contributed by atoms with Crippen molar-refractivity contribution in [1.29, 1.82) is 0 Å². The van der Waals surface area contributed by atoms with Gasteiger partial charge in [-0.1, -0.05) is 19.6 Å². The fraction of sp³-hybridized carbons (Fsp3) is 0.909. The number of nitrogens with zero attached hydrogens (tertiary/aromatic N) is 2. The lowest BCUT2D eigenvalue weighted by atomic mass is 10.3. The normalized spacial score (nSPS) is 19.8. The minimum atomic E-state index is -1.12. The molecule has 0 aromatic rings. The summed E-state index contributed by atoms with van der Waals surface area (Å²) in [5, 5.41) is 0. The molecule has 0 unspecified atom stereocenters. The number of carbonyl (C=O) groups is 1. The standard InChI is InChI=1S/C11H24N2O2Si/c1-15-11(14)5-6-12-7-9-13(10-8-12)16(2,3)4/h5-10H2,1-4H3. The summed E-state index contributed by atoms with van der Waals surface area (Å²) in [6, 6.07) is 0. The molecule has 1 saturated heterocycles. The average molecular weight is 244 g/mol. The summed E-state index contributed by atoms with van der Waals surface area (Å²) in [4.78, 5) is 13.4. The van der Waals surface area contributed by atoms with Gasteiger partial charge in [0.25, 0.3) is 0 Å². The summed E-state index contributed by atoms with van der Waals surface area (Å²) in [5.74, 6) is -0.104. The second-order valence-electron chi connectivity index (χ2n) is 5.33. The molecule has 0 aromatic carbocycles. The molecule has 1 aliphatic heterocycles. The van der Waals surface area contributed by atoms with Crippen LogP contribution in [0.3, 0.4) is 0 Å². The zero-order valence-electron chi connectivity index (χ0n) is 11.0. The molecule has 1 heterocycles. The van der Waals surface area contributed by atoms with Crippen LogP contribution in [-0.2, 0) is 9.53 Å². The lowest BCUT2D eigenvalue weighted by Crippen LogP contribution is -2.56. The molecule has 1 rings (SSSR count). The van der Waals surface area contributed by atoms with Crippen LogP contribution >= 0.6 is 0 Å². The van der Waals surface area contributed by atoms with Crippen LogP contribution in [0.2, 0.25) is 19.6 Å². The number of piperazine rings is 1. The first-order chi connectivity index (χ1) is 7.43. The maximum Gasteiger partial charge on any atom is 0.306 e. The van der Waals surface area contributed by atoms with E-state index in [-0.39, 0.29) is 5.97 Å². The van der Waals surface area contributed by atoms with Gasteiger partial charge in [-0.2, -0.15) is 0 Å². The van der Waals surface area contributed by atoms with Crippen molar-refractivity contribution in [2.24, 2.45) is 0 Å². The van der Waals surface area contributed by atoms with Gasteiger partial charge in [-0.15, -0.1) is 0 Å². The van der Waals surface area contributed by atoms with Crippen molar-refractivity contribution in [2.45, 2.75) is 26.1 Å². The molecule has 0 radical (unpaired) electrons. The lowest BCUT2D eigenvalue weighted by molar-refractivity contribution is -0.141. The summed E-state index contributed by atoms with van der Waals surface area (Å²) < 4.78 is 7.27. The summed E-state index contributed by atoms with van der Waals surface area (Å²) in [6.45, 7) is 12.5. The highest BCUT2D eigenvalue weighted by Crippen LogP contribution is 2.12. The molecule has 1 aliphatic rings. The van der Waals surface area contributed by atoms with Gasteiger partial charge >= 0.3 is 5.97 Å². The van der Waals surface area contributed by atoms with Crippen LogP contribution in [0.15, 0.2) is 0 Å². The highest BCUT2D eigenvalue weighted by atomic mass is 28.3. The third-order valence-electron chi connectivity index (χ3n) is 3.18. The van der Waals surface area contributed by atoms with Crippen LogP contribution in [-0.4, -0.2) is 63.5 Å². The van der Waals surface area contributed by atoms with Crippen molar-refractivity contribution < 1.29 is 9.53 Å². The molecule has 94 valence electrons. The topological polar surface area (TPSA) is 32.8 Å². The fourth-order valence-electron chi connectivity index (χ4n) is 1.99. The highest BCUT2D eigenvalue weighted by molar-refractivity contribution is 6.73. The monoisotopic (exact) mass is 244 g/mol. The van der Waals surface area contributed by atoms with E-state index in [9.17, 15) is 4.79 Å². The Morgan fingerprint density at radius 3 is 2.19 bits per heavy atom. The van der Waals surface area contributed by atoms with E-state index in [1.54, 1.807) is 0 Å². The molecule has 0 atom stereocenters. The first-order valence-electron chi connectivity index (χ1n) is 5.97. The van der Waals surface area contributed by atoms with Gasteiger partial charge in [0.15, 0.2) is 0 Å². The number of hydrogen-bond acceptors (Lipinski definition) is 4. The van der Waals surface area contributed by atoms with E-state index in [1.807, 2.05) is 0 Å². The Morgan fingerprint density at radius 2 is 1.75 bits per heavy atom. The van der Waals surface area contributed by atoms with Crippen LogP contribution in [0.4, 0.5) is 0 Å². The lowest BCUT2D eigenvalue weighted by Gasteiger charge is -2.41. The van der Waals surface area contributed by atoms with Crippen LogP contribution in [0.25, 0.3) is 0 Å². The van der Waals surface area contributed by atoms with Crippen molar-refractivity contribution in [2.75, 3.05) is 39.8 Å². The summed E-state index contributed by atoms with van der Waals surface area (Å²) in [7, 11) is 0.327. The molecule has 0 N–H and O–H groups in total. The molecule has 0 bridgehead atoms. The van der Waals surface area contributed by atoms with Gasteiger partial charge in [0.1, 0.15) is 8.24 Å². The Balaban J connectivity index is 2.25. The second kappa shape index (κ2) is 5.79. The van der Waals surface area contributed by atoms with Crippen LogP contribution in [0.1, 0.15) is 6.42 Å². The van der Waals surface area contributed by atoms with Gasteiger partial charge in [-0.05, 0) is 0 Å². The van der Waals surface area contributed by atoms with Gasteiger partial charge in [0.05, 0.1) is 13.5 Å². The Hall–Kier alpha value is -0.393. The van der Waals surface area contributed by atoms with Crippen molar-refractivity contribution in [3.63, 3.8) is 0 Å². The quantitative estimate of drug-likeness (QED) is 0.546. The molecule has 16 heavy (non-hydrogen) atoms. The number of carbonyl (C=O) groups excluding carboxylic acids is 1. The summed E-state index contributed by atoms with van der Waals surface area (Å²) in [6.07, 6.45) is 0.517. The number of methoxy groups -OCH3 is 1. The SMILES string of the molecule is COC(=O)CCN1CCN([Si](C)(C)C)CC1. The molecule has 0 aliphatic carbocycles. The van der Waals surface area contributed by atoms with Crippen LogP contribution < -0.4 is 0 Å². The maximum atomic E-state index is 11.0. The van der Waals surface area contributed by atoms with Gasteiger partial charge in [0.2, 0.25) is 0 Å². The van der Waals surface area contributed by atoms with Crippen LogP contribution in [0.5, 0.6) is 0 Å². The van der Waals surface area contributed by atoms with Crippen LogP contribution in [0, 0.1) is 0 Å². The third-order valence-corrected chi connectivity index (χ3v) is 5.53. The van der Waals surface area contributed by atoms with E-state index in [0.29, 0.717) is 6.42 Å². The first kappa shape index (κ1) is 13.7. The molecule has 5 heteroatoms. The highest BCUT2D eigenvalue weighted by Gasteiger charge is 2.27. The van der Waals surface area contributed by atoms with E-state index in [1.165, 1.54) is 7.11 Å². The average Bonchev–Trinajstić information content (AvgIpc) is 2.25. The molecule has 0 saturated carbocycles. The molecule has 4 nitrogen and oxygen atoms in total.